The largest absolute Gasteiger partial charge is 0.460 e. The highest BCUT2D eigenvalue weighted by molar-refractivity contribution is 7.09. The van der Waals surface area contributed by atoms with Gasteiger partial charge in [-0.2, -0.15) is 0 Å². The Morgan fingerprint density at radius 2 is 2.04 bits per heavy atom. The molecule has 0 spiro atoms. The molecule has 2 heterocycles. The molecule has 2 aromatic heterocycles. The monoisotopic (exact) mass is 356 g/mol. The van der Waals surface area contributed by atoms with E-state index in [0.717, 1.165) is 16.4 Å². The molecule has 25 heavy (non-hydrogen) atoms. The molecule has 1 amide bonds. The van der Waals surface area contributed by atoms with Crippen LogP contribution in [0.15, 0.2) is 48.0 Å². The van der Waals surface area contributed by atoms with Gasteiger partial charge in [-0.1, -0.05) is 18.2 Å². The van der Waals surface area contributed by atoms with E-state index in [2.05, 4.69) is 15.4 Å². The molecule has 0 aliphatic heterocycles. The van der Waals surface area contributed by atoms with Gasteiger partial charge in [0.2, 0.25) is 5.88 Å². The Labute approximate surface area is 150 Å². The quantitative estimate of drug-likeness (QED) is 0.737. The van der Waals surface area contributed by atoms with E-state index in [0.29, 0.717) is 12.4 Å². The van der Waals surface area contributed by atoms with Gasteiger partial charge < -0.3 is 10.1 Å². The van der Waals surface area contributed by atoms with Crippen LogP contribution in [0.5, 0.6) is 5.88 Å². The zero-order chi connectivity index (χ0) is 17.9. The van der Waals surface area contributed by atoms with Crippen LogP contribution >= 0.6 is 11.3 Å². The number of carbonyl (C=O) groups is 1. The normalized spacial score (nSPS) is 11.3. The summed E-state index contributed by atoms with van der Waals surface area (Å²) >= 11 is 1.56. The van der Waals surface area contributed by atoms with Crippen LogP contribution in [0.3, 0.4) is 0 Å². The fraction of sp³-hybridized carbons (Fsp3) is 0.278. The molecule has 6 nitrogen and oxygen atoms in total. The van der Waals surface area contributed by atoms with Crippen molar-refractivity contribution in [3.8, 4) is 11.6 Å². The van der Waals surface area contributed by atoms with E-state index in [9.17, 15) is 4.79 Å². The van der Waals surface area contributed by atoms with E-state index < -0.39 is 5.60 Å². The second-order valence-electron chi connectivity index (χ2n) is 6.09. The van der Waals surface area contributed by atoms with Gasteiger partial charge in [0.05, 0.1) is 22.9 Å². The van der Waals surface area contributed by atoms with Gasteiger partial charge in [0.1, 0.15) is 0 Å². The summed E-state index contributed by atoms with van der Waals surface area (Å²) < 4.78 is 7.51. The molecule has 0 saturated carbocycles. The van der Waals surface area contributed by atoms with E-state index >= 15 is 0 Å². The fourth-order valence-corrected chi connectivity index (χ4v) is 2.88. The number of carbonyl (C=O) groups excluding carboxylic acids is 1. The van der Waals surface area contributed by atoms with Crippen LogP contribution in [0.1, 0.15) is 24.5 Å². The molecule has 0 saturated heterocycles. The van der Waals surface area contributed by atoms with Gasteiger partial charge in [-0.25, -0.2) is 9.67 Å². The van der Waals surface area contributed by atoms with E-state index in [-0.39, 0.29) is 5.91 Å². The predicted molar refractivity (Wildman–Crippen MR) is 97.0 cm³/mol. The molecule has 0 aliphatic carbocycles. The van der Waals surface area contributed by atoms with Crippen molar-refractivity contribution < 1.29 is 9.53 Å². The number of para-hydroxylation sites is 1. The highest BCUT2D eigenvalue weighted by Crippen LogP contribution is 2.18. The Morgan fingerprint density at radius 3 is 2.72 bits per heavy atom. The second kappa shape index (κ2) is 7.06. The van der Waals surface area contributed by atoms with Crippen LogP contribution in [0.25, 0.3) is 5.69 Å². The van der Waals surface area contributed by atoms with Gasteiger partial charge in [-0.3, -0.25) is 4.79 Å². The Hall–Kier alpha value is -2.67. The van der Waals surface area contributed by atoms with E-state index in [4.69, 9.17) is 4.74 Å². The summed E-state index contributed by atoms with van der Waals surface area (Å²) in [5.41, 5.74) is 0.736. The van der Waals surface area contributed by atoms with Crippen molar-refractivity contribution in [3.05, 3.63) is 58.7 Å². The summed E-state index contributed by atoms with van der Waals surface area (Å²) in [7, 11) is 0. The van der Waals surface area contributed by atoms with Crippen molar-refractivity contribution in [2.75, 3.05) is 0 Å². The fourth-order valence-electron chi connectivity index (χ4n) is 2.27. The summed E-state index contributed by atoms with van der Waals surface area (Å²) in [5.74, 6) is 0.181. The molecule has 3 aromatic rings. The van der Waals surface area contributed by atoms with Crippen molar-refractivity contribution in [1.82, 2.24) is 20.1 Å². The van der Waals surface area contributed by atoms with Gasteiger partial charge in [-0.15, -0.1) is 16.4 Å². The van der Waals surface area contributed by atoms with E-state index in [1.165, 1.54) is 0 Å². The van der Waals surface area contributed by atoms with Gasteiger partial charge in [-0.05, 0) is 32.9 Å². The molecule has 0 bridgehead atoms. The summed E-state index contributed by atoms with van der Waals surface area (Å²) in [6.45, 7) is 5.76. The average Bonchev–Trinajstić information content (AvgIpc) is 3.22. The Balaban J connectivity index is 1.62. The van der Waals surface area contributed by atoms with Crippen LogP contribution in [-0.2, 0) is 11.3 Å². The number of amides is 1. The van der Waals surface area contributed by atoms with E-state index in [1.54, 1.807) is 42.1 Å². The highest BCUT2D eigenvalue weighted by Gasteiger charge is 2.30. The number of benzene rings is 1. The number of rotatable bonds is 6. The molecule has 0 atom stereocenters. The summed E-state index contributed by atoms with van der Waals surface area (Å²) in [5, 5.41) is 10.1. The number of aryl methyl sites for hydroxylation is 1. The standard InChI is InChI=1S/C18H20N4O2S/c1-13-20-14(12-25-13)11-19-17(23)18(2,3)24-16-9-10-22(21-16)15-7-5-4-6-8-15/h4-10,12H,11H2,1-3H3,(H,19,23). The third kappa shape index (κ3) is 4.24. The summed E-state index contributed by atoms with van der Waals surface area (Å²) in [6, 6.07) is 11.5. The molecule has 0 radical (unpaired) electrons. The number of nitrogens with zero attached hydrogens (tertiary/aromatic N) is 3. The van der Waals surface area contributed by atoms with Gasteiger partial charge in [0.25, 0.3) is 5.91 Å². The summed E-state index contributed by atoms with van der Waals surface area (Å²) in [6.07, 6.45) is 1.80. The minimum atomic E-state index is -1.04. The summed E-state index contributed by atoms with van der Waals surface area (Å²) in [4.78, 5) is 16.8. The molecule has 1 aromatic carbocycles. The molecule has 1 N–H and O–H groups in total. The first kappa shape index (κ1) is 17.2. The minimum Gasteiger partial charge on any atom is -0.460 e. The lowest BCUT2D eigenvalue weighted by Crippen LogP contribution is -2.46. The van der Waals surface area contributed by atoms with Gasteiger partial charge >= 0.3 is 0 Å². The SMILES string of the molecule is Cc1nc(CNC(=O)C(C)(C)Oc2ccn(-c3ccccc3)n2)cs1. The number of hydrogen-bond donors (Lipinski definition) is 1. The third-order valence-electron chi connectivity index (χ3n) is 3.59. The van der Waals surface area contributed by atoms with Gasteiger partial charge in [0.15, 0.2) is 5.60 Å². The van der Waals surface area contributed by atoms with Crippen LogP contribution < -0.4 is 10.1 Å². The molecule has 130 valence electrons. The van der Waals surface area contributed by atoms with Crippen LogP contribution in [-0.4, -0.2) is 26.3 Å². The predicted octanol–water partition coefficient (Wildman–Crippen LogP) is 3.11. The Bertz CT molecular complexity index is 855. The molecular formula is C18H20N4O2S. The first-order chi connectivity index (χ1) is 11.9. The molecule has 0 unspecified atom stereocenters. The number of ether oxygens (including phenoxy) is 1. The lowest BCUT2D eigenvalue weighted by atomic mass is 10.1. The van der Waals surface area contributed by atoms with Crippen LogP contribution in [0.2, 0.25) is 0 Å². The number of hydrogen-bond acceptors (Lipinski definition) is 5. The number of thiazole rings is 1. The lowest BCUT2D eigenvalue weighted by Gasteiger charge is -2.23. The first-order valence-electron chi connectivity index (χ1n) is 7.93. The van der Waals surface area contributed by atoms with Crippen molar-refractivity contribution in [2.24, 2.45) is 0 Å². The lowest BCUT2D eigenvalue weighted by molar-refractivity contribution is -0.134. The Morgan fingerprint density at radius 1 is 1.28 bits per heavy atom. The minimum absolute atomic E-state index is 0.215. The van der Waals surface area contributed by atoms with Crippen molar-refractivity contribution in [3.63, 3.8) is 0 Å². The first-order valence-corrected chi connectivity index (χ1v) is 8.81. The smallest absolute Gasteiger partial charge is 0.263 e. The maximum atomic E-state index is 12.4. The molecule has 0 aliphatic rings. The maximum Gasteiger partial charge on any atom is 0.263 e. The van der Waals surface area contributed by atoms with Gasteiger partial charge in [0, 0.05) is 17.6 Å². The van der Waals surface area contributed by atoms with Crippen LogP contribution in [0, 0.1) is 6.92 Å². The molecular weight excluding hydrogens is 336 g/mol. The van der Waals surface area contributed by atoms with E-state index in [1.807, 2.05) is 42.6 Å². The maximum absolute atomic E-state index is 12.4. The number of nitrogens with one attached hydrogen (secondary N) is 1. The zero-order valence-corrected chi connectivity index (χ0v) is 15.2. The number of aromatic nitrogens is 3. The van der Waals surface area contributed by atoms with Crippen molar-refractivity contribution in [1.29, 1.82) is 0 Å². The molecule has 0 fully saturated rings. The zero-order valence-electron chi connectivity index (χ0n) is 14.4. The Kier molecular flexibility index (Phi) is 4.85. The second-order valence-corrected chi connectivity index (χ2v) is 7.15. The van der Waals surface area contributed by atoms with Crippen molar-refractivity contribution in [2.45, 2.75) is 32.9 Å². The van der Waals surface area contributed by atoms with Crippen molar-refractivity contribution >= 4 is 17.2 Å². The average molecular weight is 356 g/mol. The van der Waals surface area contributed by atoms with Crippen LogP contribution in [0.4, 0.5) is 0 Å². The molecule has 7 heteroatoms. The molecule has 3 rings (SSSR count). The highest BCUT2D eigenvalue weighted by atomic mass is 32.1. The topological polar surface area (TPSA) is 69.0 Å². The third-order valence-corrected chi connectivity index (χ3v) is 4.41.